The van der Waals surface area contributed by atoms with E-state index in [9.17, 15) is 9.59 Å². The van der Waals surface area contributed by atoms with Crippen molar-refractivity contribution in [2.45, 2.75) is 20.5 Å². The summed E-state index contributed by atoms with van der Waals surface area (Å²) in [5, 5.41) is 2.67. The molecular weight excluding hydrogens is 282 g/mol. The van der Waals surface area contributed by atoms with Crippen LogP contribution in [-0.4, -0.2) is 11.9 Å². The van der Waals surface area contributed by atoms with Crippen LogP contribution in [0.2, 0.25) is 0 Å². The summed E-state index contributed by atoms with van der Waals surface area (Å²) in [6, 6.07) is 14.5. The minimum atomic E-state index is -0.424. The summed E-state index contributed by atoms with van der Waals surface area (Å²) < 4.78 is 10.7. The maximum atomic E-state index is 11.3. The first-order valence-corrected chi connectivity index (χ1v) is 6.81. The molecule has 0 atom stereocenters. The standard InChI is InChI=1S/C17H17NO4/c1-12(19)18-16-10-15(22-13(2)20)8-9-17(16)21-11-14-6-4-3-5-7-14/h3-10H,11H2,1-2H3,(H,18,19). The van der Waals surface area contributed by atoms with E-state index in [1.54, 1.807) is 18.2 Å². The molecule has 1 N–H and O–H groups in total. The lowest BCUT2D eigenvalue weighted by Crippen LogP contribution is -2.09. The second-order valence-corrected chi connectivity index (χ2v) is 4.71. The summed E-state index contributed by atoms with van der Waals surface area (Å²) in [4.78, 5) is 22.3. The van der Waals surface area contributed by atoms with E-state index in [0.29, 0.717) is 23.8 Å². The van der Waals surface area contributed by atoms with Crippen molar-refractivity contribution in [1.29, 1.82) is 0 Å². The van der Waals surface area contributed by atoms with Crippen LogP contribution in [0.5, 0.6) is 11.5 Å². The molecule has 0 aliphatic carbocycles. The first kappa shape index (κ1) is 15.6. The van der Waals surface area contributed by atoms with Crippen molar-refractivity contribution in [3.8, 4) is 11.5 Å². The second-order valence-electron chi connectivity index (χ2n) is 4.71. The SMILES string of the molecule is CC(=O)Nc1cc(OC(C)=O)ccc1OCc1ccccc1. The lowest BCUT2D eigenvalue weighted by Gasteiger charge is -2.13. The largest absolute Gasteiger partial charge is 0.487 e. The number of rotatable bonds is 5. The molecule has 0 aliphatic heterocycles. The molecule has 0 fully saturated rings. The van der Waals surface area contributed by atoms with Gasteiger partial charge in [-0.3, -0.25) is 9.59 Å². The van der Waals surface area contributed by atoms with Crippen LogP contribution in [0.15, 0.2) is 48.5 Å². The third kappa shape index (κ3) is 4.63. The van der Waals surface area contributed by atoms with Gasteiger partial charge in [0.2, 0.25) is 5.91 Å². The predicted molar refractivity (Wildman–Crippen MR) is 82.8 cm³/mol. The molecule has 2 rings (SSSR count). The topological polar surface area (TPSA) is 64.6 Å². The first-order chi connectivity index (χ1) is 10.5. The lowest BCUT2D eigenvalue weighted by atomic mass is 10.2. The number of benzene rings is 2. The Hall–Kier alpha value is -2.82. The molecule has 0 bridgehead atoms. The molecular formula is C17H17NO4. The van der Waals surface area contributed by atoms with E-state index >= 15 is 0 Å². The number of carbonyl (C=O) groups excluding carboxylic acids is 2. The van der Waals surface area contributed by atoms with Crippen molar-refractivity contribution < 1.29 is 19.1 Å². The van der Waals surface area contributed by atoms with E-state index in [1.807, 2.05) is 30.3 Å². The molecule has 0 heterocycles. The maximum absolute atomic E-state index is 11.3. The third-order valence-corrected chi connectivity index (χ3v) is 2.76. The molecule has 5 nitrogen and oxygen atoms in total. The second kappa shape index (κ2) is 7.26. The van der Waals surface area contributed by atoms with E-state index in [-0.39, 0.29) is 5.91 Å². The van der Waals surface area contributed by atoms with Gasteiger partial charge < -0.3 is 14.8 Å². The average molecular weight is 299 g/mol. The highest BCUT2D eigenvalue weighted by Gasteiger charge is 2.09. The fourth-order valence-electron chi connectivity index (χ4n) is 1.89. The Labute approximate surface area is 128 Å². The van der Waals surface area contributed by atoms with Crippen molar-refractivity contribution in [3.63, 3.8) is 0 Å². The quantitative estimate of drug-likeness (QED) is 0.680. The van der Waals surface area contributed by atoms with Crippen LogP contribution in [0.4, 0.5) is 5.69 Å². The highest BCUT2D eigenvalue weighted by molar-refractivity contribution is 5.90. The normalized spacial score (nSPS) is 9.91. The summed E-state index contributed by atoms with van der Waals surface area (Å²) in [6.07, 6.45) is 0. The summed E-state index contributed by atoms with van der Waals surface area (Å²) in [6.45, 7) is 3.09. The van der Waals surface area contributed by atoms with Crippen LogP contribution < -0.4 is 14.8 Å². The van der Waals surface area contributed by atoms with E-state index < -0.39 is 5.97 Å². The molecule has 2 aromatic carbocycles. The van der Waals surface area contributed by atoms with Gasteiger partial charge in [0, 0.05) is 19.9 Å². The van der Waals surface area contributed by atoms with Crippen molar-refractivity contribution in [2.75, 3.05) is 5.32 Å². The smallest absolute Gasteiger partial charge is 0.308 e. The molecule has 0 aliphatic rings. The molecule has 0 saturated heterocycles. The molecule has 0 radical (unpaired) electrons. The van der Waals surface area contributed by atoms with Gasteiger partial charge in [-0.25, -0.2) is 0 Å². The van der Waals surface area contributed by atoms with Gasteiger partial charge >= 0.3 is 5.97 Å². The monoisotopic (exact) mass is 299 g/mol. The number of nitrogens with one attached hydrogen (secondary N) is 1. The Balaban J connectivity index is 2.17. The fraction of sp³-hybridized carbons (Fsp3) is 0.176. The molecule has 0 spiro atoms. The zero-order valence-corrected chi connectivity index (χ0v) is 12.5. The molecule has 5 heteroatoms. The molecule has 1 amide bonds. The van der Waals surface area contributed by atoms with Gasteiger partial charge in [-0.05, 0) is 17.7 Å². The number of hydrogen-bond donors (Lipinski definition) is 1. The Bertz CT molecular complexity index is 668. The van der Waals surface area contributed by atoms with Gasteiger partial charge in [0.05, 0.1) is 5.69 Å². The summed E-state index contributed by atoms with van der Waals surface area (Å²) in [7, 11) is 0. The first-order valence-electron chi connectivity index (χ1n) is 6.81. The van der Waals surface area contributed by atoms with Crippen LogP contribution >= 0.6 is 0 Å². The van der Waals surface area contributed by atoms with Crippen molar-refractivity contribution in [1.82, 2.24) is 0 Å². The van der Waals surface area contributed by atoms with E-state index in [2.05, 4.69) is 5.32 Å². The lowest BCUT2D eigenvalue weighted by molar-refractivity contribution is -0.131. The predicted octanol–water partition coefficient (Wildman–Crippen LogP) is 3.15. The van der Waals surface area contributed by atoms with E-state index in [0.717, 1.165) is 5.56 Å². The summed E-state index contributed by atoms with van der Waals surface area (Å²) >= 11 is 0. The summed E-state index contributed by atoms with van der Waals surface area (Å²) in [5.74, 6) is 0.203. The van der Waals surface area contributed by atoms with Crippen molar-refractivity contribution >= 4 is 17.6 Å². The molecule has 22 heavy (non-hydrogen) atoms. The Kier molecular flexibility index (Phi) is 5.14. The van der Waals surface area contributed by atoms with Crippen molar-refractivity contribution in [2.24, 2.45) is 0 Å². The van der Waals surface area contributed by atoms with E-state index in [4.69, 9.17) is 9.47 Å². The van der Waals surface area contributed by atoms with Gasteiger partial charge in [0.25, 0.3) is 0 Å². The van der Waals surface area contributed by atoms with Crippen LogP contribution in [0, 0.1) is 0 Å². The third-order valence-electron chi connectivity index (χ3n) is 2.76. The van der Waals surface area contributed by atoms with Gasteiger partial charge in [0.15, 0.2) is 0 Å². The Morgan fingerprint density at radius 2 is 1.77 bits per heavy atom. The molecule has 2 aromatic rings. The zero-order valence-electron chi connectivity index (χ0n) is 12.5. The maximum Gasteiger partial charge on any atom is 0.308 e. The molecule has 0 saturated carbocycles. The minimum Gasteiger partial charge on any atom is -0.487 e. The number of hydrogen-bond acceptors (Lipinski definition) is 4. The van der Waals surface area contributed by atoms with Crippen LogP contribution in [-0.2, 0) is 16.2 Å². The van der Waals surface area contributed by atoms with Gasteiger partial charge in [-0.2, -0.15) is 0 Å². The summed E-state index contributed by atoms with van der Waals surface area (Å²) in [5.41, 5.74) is 1.47. The minimum absolute atomic E-state index is 0.232. The van der Waals surface area contributed by atoms with E-state index in [1.165, 1.54) is 13.8 Å². The number of carbonyl (C=O) groups is 2. The number of ether oxygens (including phenoxy) is 2. The van der Waals surface area contributed by atoms with Crippen LogP contribution in [0.1, 0.15) is 19.4 Å². The average Bonchev–Trinajstić information content (AvgIpc) is 2.46. The highest BCUT2D eigenvalue weighted by Crippen LogP contribution is 2.30. The zero-order chi connectivity index (χ0) is 15.9. The molecule has 114 valence electrons. The van der Waals surface area contributed by atoms with Crippen LogP contribution in [0.3, 0.4) is 0 Å². The van der Waals surface area contributed by atoms with Gasteiger partial charge in [-0.1, -0.05) is 30.3 Å². The fourth-order valence-corrected chi connectivity index (χ4v) is 1.89. The van der Waals surface area contributed by atoms with Crippen LogP contribution in [0.25, 0.3) is 0 Å². The van der Waals surface area contributed by atoms with Gasteiger partial charge in [-0.15, -0.1) is 0 Å². The highest BCUT2D eigenvalue weighted by atomic mass is 16.5. The van der Waals surface area contributed by atoms with Gasteiger partial charge in [0.1, 0.15) is 18.1 Å². The Morgan fingerprint density at radius 1 is 1.05 bits per heavy atom. The van der Waals surface area contributed by atoms with Crippen molar-refractivity contribution in [3.05, 3.63) is 54.1 Å². The Morgan fingerprint density at radius 3 is 2.41 bits per heavy atom. The molecule has 0 unspecified atom stereocenters. The number of esters is 1. The number of anilines is 1. The molecule has 0 aromatic heterocycles. The number of amides is 1.